The van der Waals surface area contributed by atoms with Crippen molar-refractivity contribution in [3.63, 3.8) is 0 Å². The fourth-order valence-electron chi connectivity index (χ4n) is 2.73. The number of hydrogen-bond donors (Lipinski definition) is 3. The number of anilines is 3. The molecule has 27 heavy (non-hydrogen) atoms. The minimum Gasteiger partial charge on any atom is -0.396 e. The number of H-pyrrole nitrogens is 1. The normalized spacial score (nSPS) is 13.3. The maximum absolute atomic E-state index is 5.40. The Morgan fingerprint density at radius 3 is 2.48 bits per heavy atom. The molecule has 0 bridgehead atoms. The van der Waals surface area contributed by atoms with Gasteiger partial charge in [-0.2, -0.15) is 0 Å². The van der Waals surface area contributed by atoms with Crippen molar-refractivity contribution in [2.45, 2.75) is 34.1 Å². The lowest BCUT2D eigenvalue weighted by Gasteiger charge is -2.43. The second-order valence-electron chi connectivity index (χ2n) is 6.08. The second-order valence-corrected chi connectivity index (χ2v) is 6.08. The number of hydrogen-bond acceptors (Lipinski definition) is 7. The van der Waals surface area contributed by atoms with Gasteiger partial charge in [0.05, 0.1) is 24.4 Å². The summed E-state index contributed by atoms with van der Waals surface area (Å²) in [4.78, 5) is 20.3. The first-order chi connectivity index (χ1) is 13.1. The van der Waals surface area contributed by atoms with Crippen molar-refractivity contribution in [1.29, 1.82) is 0 Å². The first-order valence-electron chi connectivity index (χ1n) is 9.32. The van der Waals surface area contributed by atoms with Crippen LogP contribution < -0.4 is 16.4 Å². The van der Waals surface area contributed by atoms with E-state index in [1.165, 1.54) is 6.42 Å². The fourth-order valence-corrected chi connectivity index (χ4v) is 2.73. The van der Waals surface area contributed by atoms with E-state index >= 15 is 0 Å². The van der Waals surface area contributed by atoms with Crippen LogP contribution in [0.25, 0.3) is 11.0 Å². The molecule has 1 aliphatic rings. The molecule has 4 heterocycles. The second kappa shape index (κ2) is 9.72. The SMILES string of the molecule is CC.CCCN1CN(c2ncnc3[nH]ccc23)C1.Cc1ccc(N)c(N)n1. The zero-order valence-electron chi connectivity index (χ0n) is 16.6. The van der Waals surface area contributed by atoms with Crippen LogP contribution in [0.5, 0.6) is 0 Å². The maximum atomic E-state index is 5.40. The molecule has 0 amide bonds. The third kappa shape index (κ3) is 5.07. The summed E-state index contributed by atoms with van der Waals surface area (Å²) in [5.74, 6) is 1.45. The highest BCUT2D eigenvalue weighted by Gasteiger charge is 2.25. The third-order valence-electron chi connectivity index (χ3n) is 4.01. The van der Waals surface area contributed by atoms with Crippen molar-refractivity contribution in [1.82, 2.24) is 24.8 Å². The first-order valence-corrected chi connectivity index (χ1v) is 9.32. The van der Waals surface area contributed by atoms with Gasteiger partial charge >= 0.3 is 0 Å². The Kier molecular flexibility index (Phi) is 7.36. The number of nitrogen functional groups attached to an aromatic ring is 2. The number of nitrogens with one attached hydrogen (secondary N) is 1. The molecule has 1 fully saturated rings. The summed E-state index contributed by atoms with van der Waals surface area (Å²) in [5, 5.41) is 1.11. The molecule has 1 aliphatic heterocycles. The van der Waals surface area contributed by atoms with E-state index < -0.39 is 0 Å². The van der Waals surface area contributed by atoms with Gasteiger partial charge in [-0.1, -0.05) is 20.8 Å². The standard InChI is InChI=1S/C11H15N5.C6H9N3.C2H6/c1-2-5-15-7-16(8-15)11-9-3-4-12-10(9)13-6-14-11;1-4-2-3-5(7)6(8)9-4;1-2/h3-4,6H,2,5,7-8H2,1H3,(H,12,13,14);2-3H,7H2,1H3,(H2,8,9);1-2H3. The van der Waals surface area contributed by atoms with Gasteiger partial charge in [0.1, 0.15) is 23.6 Å². The van der Waals surface area contributed by atoms with Gasteiger partial charge in [-0.25, -0.2) is 15.0 Å². The van der Waals surface area contributed by atoms with E-state index in [1.54, 1.807) is 12.4 Å². The molecule has 5 N–H and O–H groups in total. The van der Waals surface area contributed by atoms with Crippen molar-refractivity contribution in [2.75, 3.05) is 36.2 Å². The van der Waals surface area contributed by atoms with Crippen LogP contribution in [0.15, 0.2) is 30.7 Å². The zero-order valence-corrected chi connectivity index (χ0v) is 16.6. The van der Waals surface area contributed by atoms with Gasteiger partial charge in [0, 0.05) is 18.4 Å². The summed E-state index contributed by atoms with van der Waals surface area (Å²) < 4.78 is 0. The van der Waals surface area contributed by atoms with Gasteiger partial charge in [0.25, 0.3) is 0 Å². The molecule has 0 radical (unpaired) electrons. The molecule has 4 rings (SSSR count). The molecular formula is C19H30N8. The average Bonchev–Trinajstić information content (AvgIpc) is 3.12. The molecule has 3 aromatic rings. The molecule has 0 atom stereocenters. The summed E-state index contributed by atoms with van der Waals surface area (Å²) in [5.41, 5.74) is 13.1. The predicted octanol–water partition coefficient (Wildman–Crippen LogP) is 2.99. The molecule has 146 valence electrons. The first kappa shape index (κ1) is 20.4. The molecule has 8 heteroatoms. The Hall–Kier alpha value is -2.87. The minimum atomic E-state index is 0.412. The summed E-state index contributed by atoms with van der Waals surface area (Å²) in [6.07, 6.45) is 4.74. The Labute approximate surface area is 160 Å². The van der Waals surface area contributed by atoms with Crippen LogP contribution in [0.4, 0.5) is 17.3 Å². The zero-order chi connectivity index (χ0) is 19.8. The Morgan fingerprint density at radius 2 is 1.85 bits per heavy atom. The fraction of sp³-hybridized carbons (Fsp3) is 0.421. The van der Waals surface area contributed by atoms with E-state index in [-0.39, 0.29) is 0 Å². The number of rotatable bonds is 3. The van der Waals surface area contributed by atoms with Crippen LogP contribution >= 0.6 is 0 Å². The summed E-state index contributed by atoms with van der Waals surface area (Å²) in [6.45, 7) is 11.2. The van der Waals surface area contributed by atoms with Gasteiger partial charge in [0.15, 0.2) is 0 Å². The highest BCUT2D eigenvalue weighted by molar-refractivity contribution is 5.87. The van der Waals surface area contributed by atoms with Crippen molar-refractivity contribution < 1.29 is 0 Å². The molecule has 0 unspecified atom stereocenters. The molecule has 8 nitrogen and oxygen atoms in total. The predicted molar refractivity (Wildman–Crippen MR) is 112 cm³/mol. The van der Waals surface area contributed by atoms with Crippen molar-refractivity contribution in [3.05, 3.63) is 36.4 Å². The van der Waals surface area contributed by atoms with Crippen LogP contribution in [0.2, 0.25) is 0 Å². The number of aromatic amines is 1. The van der Waals surface area contributed by atoms with E-state index in [0.29, 0.717) is 11.5 Å². The molecular weight excluding hydrogens is 340 g/mol. The summed E-state index contributed by atoms with van der Waals surface area (Å²) >= 11 is 0. The molecule has 0 aliphatic carbocycles. The van der Waals surface area contributed by atoms with Gasteiger partial charge in [-0.05, 0) is 31.5 Å². The molecule has 0 spiro atoms. The van der Waals surface area contributed by atoms with Crippen LogP contribution in [0.3, 0.4) is 0 Å². The van der Waals surface area contributed by atoms with E-state index in [4.69, 9.17) is 11.5 Å². The topological polar surface area (TPSA) is 113 Å². The maximum Gasteiger partial charge on any atom is 0.146 e. The monoisotopic (exact) mass is 370 g/mol. The molecule has 3 aromatic heterocycles. The molecule has 0 aromatic carbocycles. The number of aryl methyl sites for hydroxylation is 1. The van der Waals surface area contributed by atoms with Crippen LogP contribution in [0, 0.1) is 6.92 Å². The van der Waals surface area contributed by atoms with Crippen LogP contribution in [-0.4, -0.2) is 44.7 Å². The van der Waals surface area contributed by atoms with Crippen LogP contribution in [-0.2, 0) is 0 Å². The Bertz CT molecular complexity index is 839. The van der Waals surface area contributed by atoms with Crippen molar-refractivity contribution >= 4 is 28.4 Å². The largest absolute Gasteiger partial charge is 0.396 e. The highest BCUT2D eigenvalue weighted by atomic mass is 15.5. The lowest BCUT2D eigenvalue weighted by Crippen LogP contribution is -2.55. The van der Waals surface area contributed by atoms with E-state index in [0.717, 1.165) is 42.4 Å². The average molecular weight is 371 g/mol. The minimum absolute atomic E-state index is 0.412. The third-order valence-corrected chi connectivity index (χ3v) is 4.01. The lowest BCUT2D eigenvalue weighted by molar-refractivity contribution is 0.184. The van der Waals surface area contributed by atoms with E-state index in [9.17, 15) is 0 Å². The number of aromatic nitrogens is 4. The lowest BCUT2D eigenvalue weighted by atomic mass is 10.3. The quantitative estimate of drug-likeness (QED) is 0.649. The number of fused-ring (bicyclic) bond motifs is 1. The molecule has 0 saturated carbocycles. The smallest absolute Gasteiger partial charge is 0.146 e. The molecule has 1 saturated heterocycles. The van der Waals surface area contributed by atoms with Crippen LogP contribution in [0.1, 0.15) is 32.9 Å². The van der Waals surface area contributed by atoms with Gasteiger partial charge < -0.3 is 21.4 Å². The van der Waals surface area contributed by atoms with E-state index in [1.807, 2.05) is 39.1 Å². The van der Waals surface area contributed by atoms with Crippen molar-refractivity contribution in [2.24, 2.45) is 0 Å². The Morgan fingerprint density at radius 1 is 1.11 bits per heavy atom. The number of nitrogens with zero attached hydrogens (tertiary/aromatic N) is 5. The van der Waals surface area contributed by atoms with E-state index in [2.05, 4.69) is 36.7 Å². The number of nitrogens with two attached hydrogens (primary N) is 2. The van der Waals surface area contributed by atoms with Crippen molar-refractivity contribution in [3.8, 4) is 0 Å². The number of pyridine rings is 1. The summed E-state index contributed by atoms with van der Waals surface area (Å²) in [7, 11) is 0. The van der Waals surface area contributed by atoms with Gasteiger partial charge in [-0.3, -0.25) is 4.90 Å². The van der Waals surface area contributed by atoms with Gasteiger partial charge in [0.2, 0.25) is 0 Å². The highest BCUT2D eigenvalue weighted by Crippen LogP contribution is 2.25. The Balaban J connectivity index is 0.000000203. The summed E-state index contributed by atoms with van der Waals surface area (Å²) in [6, 6.07) is 5.61. The van der Waals surface area contributed by atoms with Gasteiger partial charge in [-0.15, -0.1) is 0 Å².